The van der Waals surface area contributed by atoms with E-state index in [-0.39, 0.29) is 41.8 Å². The predicted molar refractivity (Wildman–Crippen MR) is 123 cm³/mol. The Morgan fingerprint density at radius 1 is 1.21 bits per heavy atom. The van der Waals surface area contributed by atoms with E-state index in [1.54, 1.807) is 0 Å². The first kappa shape index (κ1) is 25.9. The normalized spacial score (nSPS) is 26.9. The highest BCUT2D eigenvalue weighted by molar-refractivity contribution is 6.01. The molecule has 2 aromatic rings. The van der Waals surface area contributed by atoms with Crippen molar-refractivity contribution in [1.29, 1.82) is 5.26 Å². The van der Waals surface area contributed by atoms with Crippen molar-refractivity contribution in [2.24, 2.45) is 11.8 Å². The third kappa shape index (κ3) is 4.46. The van der Waals surface area contributed by atoms with Gasteiger partial charge in [-0.05, 0) is 43.9 Å². The number of benzene rings is 1. The molecule has 0 spiro atoms. The highest BCUT2D eigenvalue weighted by Gasteiger charge is 2.60. The second-order valence-electron chi connectivity index (χ2n) is 10.1. The Balaban J connectivity index is 1.46. The molecule has 1 aromatic carbocycles. The Labute approximate surface area is 213 Å². The number of aromatic nitrogens is 1. The predicted octanol–water partition coefficient (Wildman–Crippen LogP) is 3.41. The zero-order chi connectivity index (χ0) is 27.4. The van der Waals surface area contributed by atoms with Gasteiger partial charge in [0.15, 0.2) is 0 Å². The quantitative estimate of drug-likeness (QED) is 0.490. The number of H-pyrrole nitrogens is 1. The van der Waals surface area contributed by atoms with Gasteiger partial charge < -0.3 is 20.5 Å². The molecule has 3 amide bonds. The lowest BCUT2D eigenvalue weighted by atomic mass is 9.71. The molecule has 1 aromatic heterocycles. The number of fused-ring (bicyclic) bond motifs is 4. The van der Waals surface area contributed by atoms with E-state index in [0.717, 1.165) is 17.0 Å². The van der Waals surface area contributed by atoms with Gasteiger partial charge in [-0.3, -0.25) is 14.4 Å². The summed E-state index contributed by atoms with van der Waals surface area (Å²) in [4.78, 5) is 42.5. The largest absolute Gasteiger partial charge is 0.356 e. The highest BCUT2D eigenvalue weighted by Crippen LogP contribution is 2.49. The van der Waals surface area contributed by atoms with Gasteiger partial charge in [-0.1, -0.05) is 0 Å². The maximum absolute atomic E-state index is 14.9. The van der Waals surface area contributed by atoms with Crippen molar-refractivity contribution in [3.63, 3.8) is 0 Å². The molecule has 4 aliphatic rings. The summed E-state index contributed by atoms with van der Waals surface area (Å²) in [7, 11) is 0. The van der Waals surface area contributed by atoms with Crippen LogP contribution in [-0.2, 0) is 9.59 Å². The molecule has 6 rings (SSSR count). The molecule has 0 unspecified atom stereocenters. The average molecular weight is 537 g/mol. The Morgan fingerprint density at radius 3 is 2.61 bits per heavy atom. The van der Waals surface area contributed by atoms with E-state index >= 15 is 0 Å². The molecular formula is C25H24F5N5O3. The zero-order valence-electron chi connectivity index (χ0n) is 19.9. The van der Waals surface area contributed by atoms with Crippen LogP contribution in [0.3, 0.4) is 0 Å². The fourth-order valence-electron chi connectivity index (χ4n) is 6.02. The first-order chi connectivity index (χ1) is 18.0. The Bertz CT molecular complexity index is 1340. The Hall–Kier alpha value is -3.69. The zero-order valence-corrected chi connectivity index (χ0v) is 19.9. The van der Waals surface area contributed by atoms with Crippen molar-refractivity contribution in [2.75, 3.05) is 6.54 Å². The molecule has 38 heavy (non-hydrogen) atoms. The summed E-state index contributed by atoms with van der Waals surface area (Å²) < 4.78 is 70.7. The fraction of sp³-hybridized carbons (Fsp3) is 0.520. The molecule has 2 bridgehead atoms. The average Bonchev–Trinajstić information content (AvgIpc) is 3.47. The van der Waals surface area contributed by atoms with E-state index in [4.69, 9.17) is 0 Å². The SMILES string of the molecule is N#C[C@@H](C[C@@H]1CCNC1=O)NC(=O)[C@H]1[C@@H]2CC[C@@H](CC2(F)F)N1C(=O)c1cc2c(C(F)F)cc(F)cc2[nH]1. The van der Waals surface area contributed by atoms with Crippen LogP contribution < -0.4 is 10.6 Å². The minimum absolute atomic E-state index is 0.0107. The standard InChI is InChI=1S/C25H24F5N5O3/c26-12-6-16(21(27)28)15-8-19(34-18(15)7-12)24(38)35-14-1-2-17(25(29,30)9-14)20(35)23(37)33-13(10-31)5-11-3-4-32-22(11)36/h6-8,11,13-14,17,20-21,34H,1-5,9H2,(H,32,36)(H,33,37)/t11-,13+,14-,17-,20+/m0/s1. The second kappa shape index (κ2) is 9.56. The smallest absolute Gasteiger partial charge is 0.271 e. The molecule has 202 valence electrons. The highest BCUT2D eigenvalue weighted by atomic mass is 19.3. The van der Waals surface area contributed by atoms with Gasteiger partial charge in [0.1, 0.15) is 23.6 Å². The molecule has 5 atom stereocenters. The Morgan fingerprint density at radius 2 is 1.97 bits per heavy atom. The minimum Gasteiger partial charge on any atom is -0.356 e. The molecule has 3 aliphatic heterocycles. The van der Waals surface area contributed by atoms with Crippen molar-refractivity contribution in [2.45, 2.75) is 62.6 Å². The van der Waals surface area contributed by atoms with Gasteiger partial charge in [0.25, 0.3) is 18.3 Å². The number of amides is 3. The summed E-state index contributed by atoms with van der Waals surface area (Å²) in [6.07, 6.45) is -3.07. The molecule has 4 fully saturated rings. The number of nitrogens with one attached hydrogen (secondary N) is 3. The van der Waals surface area contributed by atoms with Gasteiger partial charge in [0.2, 0.25) is 11.8 Å². The summed E-state index contributed by atoms with van der Waals surface area (Å²) in [5.74, 6) is -8.31. The first-order valence-corrected chi connectivity index (χ1v) is 12.3. The van der Waals surface area contributed by atoms with Crippen LogP contribution in [0.15, 0.2) is 18.2 Å². The van der Waals surface area contributed by atoms with Crippen molar-refractivity contribution in [1.82, 2.24) is 20.5 Å². The number of carbonyl (C=O) groups excluding carboxylic acids is 3. The maximum atomic E-state index is 14.9. The molecular weight excluding hydrogens is 513 g/mol. The third-order valence-corrected chi connectivity index (χ3v) is 7.79. The van der Waals surface area contributed by atoms with Gasteiger partial charge in [0, 0.05) is 41.4 Å². The number of hydrogen-bond donors (Lipinski definition) is 3. The van der Waals surface area contributed by atoms with Gasteiger partial charge in [-0.15, -0.1) is 0 Å². The van der Waals surface area contributed by atoms with Gasteiger partial charge in [0.05, 0.1) is 12.0 Å². The molecule has 4 heterocycles. The number of nitrogens with zero attached hydrogens (tertiary/aromatic N) is 2. The van der Waals surface area contributed by atoms with Gasteiger partial charge >= 0.3 is 0 Å². The number of carbonyl (C=O) groups is 3. The summed E-state index contributed by atoms with van der Waals surface area (Å²) in [6.45, 7) is 0.429. The van der Waals surface area contributed by atoms with E-state index in [1.807, 2.05) is 6.07 Å². The molecule has 1 aliphatic carbocycles. The van der Waals surface area contributed by atoms with Gasteiger partial charge in [-0.2, -0.15) is 5.26 Å². The Kier molecular flexibility index (Phi) is 6.53. The number of nitriles is 1. The summed E-state index contributed by atoms with van der Waals surface area (Å²) in [5, 5.41) is 14.5. The van der Waals surface area contributed by atoms with Crippen LogP contribution in [0.5, 0.6) is 0 Å². The molecule has 8 nitrogen and oxygen atoms in total. The van der Waals surface area contributed by atoms with Crippen molar-refractivity contribution < 1.29 is 36.3 Å². The summed E-state index contributed by atoms with van der Waals surface area (Å²) in [5.41, 5.74) is -0.957. The number of rotatable bonds is 6. The number of aromatic amines is 1. The van der Waals surface area contributed by atoms with Crippen LogP contribution in [0.25, 0.3) is 10.9 Å². The van der Waals surface area contributed by atoms with Crippen LogP contribution in [0.1, 0.15) is 54.6 Å². The molecule has 3 saturated heterocycles. The number of halogens is 5. The van der Waals surface area contributed by atoms with Crippen molar-refractivity contribution in [3.05, 3.63) is 35.3 Å². The molecule has 13 heteroatoms. The summed E-state index contributed by atoms with van der Waals surface area (Å²) in [6, 6.07) is 0.789. The third-order valence-electron chi connectivity index (χ3n) is 7.79. The monoisotopic (exact) mass is 537 g/mol. The van der Waals surface area contributed by atoms with E-state index in [9.17, 15) is 41.6 Å². The number of alkyl halides is 4. The molecule has 1 saturated carbocycles. The fourth-order valence-corrected chi connectivity index (χ4v) is 6.02. The van der Waals surface area contributed by atoms with Crippen LogP contribution in [-0.4, -0.2) is 58.2 Å². The molecule has 0 radical (unpaired) electrons. The van der Waals surface area contributed by atoms with Crippen LogP contribution >= 0.6 is 0 Å². The first-order valence-electron chi connectivity index (χ1n) is 12.3. The lowest BCUT2D eigenvalue weighted by molar-refractivity contribution is -0.179. The molecule has 3 N–H and O–H groups in total. The van der Waals surface area contributed by atoms with E-state index < -0.39 is 71.9 Å². The van der Waals surface area contributed by atoms with E-state index in [2.05, 4.69) is 15.6 Å². The van der Waals surface area contributed by atoms with Crippen LogP contribution in [0.4, 0.5) is 22.0 Å². The number of piperidine rings is 2. The lowest BCUT2D eigenvalue weighted by Gasteiger charge is -2.53. The van der Waals surface area contributed by atoms with Crippen molar-refractivity contribution >= 4 is 28.6 Å². The van der Waals surface area contributed by atoms with E-state index in [0.29, 0.717) is 19.0 Å². The van der Waals surface area contributed by atoms with Crippen LogP contribution in [0.2, 0.25) is 0 Å². The number of hydrogen-bond acceptors (Lipinski definition) is 4. The second-order valence-corrected chi connectivity index (χ2v) is 10.1. The summed E-state index contributed by atoms with van der Waals surface area (Å²) >= 11 is 0. The minimum atomic E-state index is -3.25. The maximum Gasteiger partial charge on any atom is 0.271 e. The lowest BCUT2D eigenvalue weighted by Crippen LogP contribution is -2.68. The van der Waals surface area contributed by atoms with E-state index in [1.165, 1.54) is 0 Å². The topological polar surface area (TPSA) is 118 Å². The van der Waals surface area contributed by atoms with Crippen LogP contribution in [0, 0.1) is 29.0 Å². The van der Waals surface area contributed by atoms with Crippen molar-refractivity contribution in [3.8, 4) is 6.07 Å². The van der Waals surface area contributed by atoms with Gasteiger partial charge in [-0.25, -0.2) is 22.0 Å².